The lowest BCUT2D eigenvalue weighted by molar-refractivity contribution is 0.104. The minimum atomic E-state index is -2.96. The zero-order chi connectivity index (χ0) is 17.8. The molecule has 1 saturated heterocycles. The second-order valence-electron chi connectivity index (χ2n) is 6.92. The SMILES string of the molecule is Cc1nn([C@@H]2CCS(=O)(=O)C2)c(C)c1/C=C1\Cc2ccccc2C1=O. The predicted molar refractivity (Wildman–Crippen MR) is 96.5 cm³/mol. The Hall–Kier alpha value is -2.21. The first-order valence-electron chi connectivity index (χ1n) is 8.45. The molecule has 1 aromatic carbocycles. The molecule has 5 nitrogen and oxygen atoms in total. The summed E-state index contributed by atoms with van der Waals surface area (Å²) < 4.78 is 25.4. The molecule has 0 saturated carbocycles. The Bertz CT molecular complexity index is 1020. The number of carbonyl (C=O) groups is 1. The molecule has 1 aliphatic carbocycles. The quantitative estimate of drug-likeness (QED) is 0.776. The average molecular weight is 356 g/mol. The van der Waals surface area contributed by atoms with E-state index in [-0.39, 0.29) is 23.3 Å². The monoisotopic (exact) mass is 356 g/mol. The van der Waals surface area contributed by atoms with Gasteiger partial charge in [0.2, 0.25) is 0 Å². The number of aromatic nitrogens is 2. The molecule has 1 fully saturated rings. The first-order valence-corrected chi connectivity index (χ1v) is 10.3. The number of hydrogen-bond donors (Lipinski definition) is 0. The molecule has 2 heterocycles. The van der Waals surface area contributed by atoms with Crippen LogP contribution in [0.1, 0.15) is 45.3 Å². The summed E-state index contributed by atoms with van der Waals surface area (Å²) in [4.78, 5) is 12.6. The molecule has 130 valence electrons. The fraction of sp³-hybridized carbons (Fsp3) is 0.368. The van der Waals surface area contributed by atoms with Gasteiger partial charge in [-0.2, -0.15) is 5.10 Å². The van der Waals surface area contributed by atoms with E-state index in [4.69, 9.17) is 0 Å². The number of allylic oxidation sites excluding steroid dienone is 1. The number of fused-ring (bicyclic) bond motifs is 1. The summed E-state index contributed by atoms with van der Waals surface area (Å²) in [6.07, 6.45) is 3.17. The summed E-state index contributed by atoms with van der Waals surface area (Å²) in [6.45, 7) is 3.86. The number of rotatable bonds is 2. The van der Waals surface area contributed by atoms with Crippen LogP contribution in [0, 0.1) is 13.8 Å². The molecule has 0 N–H and O–H groups in total. The molecule has 2 aromatic rings. The van der Waals surface area contributed by atoms with E-state index >= 15 is 0 Å². The van der Waals surface area contributed by atoms with Crippen molar-refractivity contribution in [3.8, 4) is 0 Å². The van der Waals surface area contributed by atoms with Crippen LogP contribution in [0.5, 0.6) is 0 Å². The molecule has 0 bridgehead atoms. The maximum Gasteiger partial charge on any atom is 0.189 e. The third-order valence-corrected chi connectivity index (χ3v) is 6.94. The van der Waals surface area contributed by atoms with Crippen molar-refractivity contribution in [2.45, 2.75) is 32.7 Å². The maximum absolute atomic E-state index is 12.6. The number of Topliss-reactive ketones (excluding diaryl/α,β-unsaturated/α-hetero) is 1. The predicted octanol–water partition coefficient (Wildman–Crippen LogP) is 2.68. The van der Waals surface area contributed by atoms with Crippen molar-refractivity contribution in [1.29, 1.82) is 0 Å². The molecule has 4 rings (SSSR count). The lowest BCUT2D eigenvalue weighted by Crippen LogP contribution is -2.14. The van der Waals surface area contributed by atoms with Crippen LogP contribution in [0.15, 0.2) is 29.8 Å². The second kappa shape index (κ2) is 5.66. The van der Waals surface area contributed by atoms with E-state index in [1.54, 1.807) is 0 Å². The molecule has 2 aliphatic rings. The molecular formula is C19H20N2O3S. The van der Waals surface area contributed by atoms with Gasteiger partial charge >= 0.3 is 0 Å². The van der Waals surface area contributed by atoms with Crippen LogP contribution in [-0.4, -0.2) is 35.5 Å². The number of benzene rings is 1. The van der Waals surface area contributed by atoms with Crippen LogP contribution in [0.3, 0.4) is 0 Å². The Balaban J connectivity index is 1.70. The number of ketones is 1. The van der Waals surface area contributed by atoms with Gasteiger partial charge in [0.1, 0.15) is 0 Å². The number of hydrogen-bond acceptors (Lipinski definition) is 4. The first-order chi connectivity index (χ1) is 11.9. The summed E-state index contributed by atoms with van der Waals surface area (Å²) in [5.41, 5.74) is 5.29. The largest absolute Gasteiger partial charge is 0.289 e. The van der Waals surface area contributed by atoms with Gasteiger partial charge in [-0.15, -0.1) is 0 Å². The second-order valence-corrected chi connectivity index (χ2v) is 9.15. The van der Waals surface area contributed by atoms with E-state index in [0.29, 0.717) is 12.8 Å². The Labute approximate surface area is 147 Å². The van der Waals surface area contributed by atoms with Crippen LogP contribution < -0.4 is 0 Å². The van der Waals surface area contributed by atoms with Gasteiger partial charge in [-0.25, -0.2) is 8.42 Å². The van der Waals surface area contributed by atoms with Gasteiger partial charge in [0, 0.05) is 28.8 Å². The van der Waals surface area contributed by atoms with Gasteiger partial charge in [-0.1, -0.05) is 24.3 Å². The van der Waals surface area contributed by atoms with Crippen molar-refractivity contribution in [3.63, 3.8) is 0 Å². The van der Waals surface area contributed by atoms with E-state index < -0.39 is 9.84 Å². The van der Waals surface area contributed by atoms with Crippen molar-refractivity contribution in [3.05, 3.63) is 57.9 Å². The number of carbonyl (C=O) groups excluding carboxylic acids is 1. The van der Waals surface area contributed by atoms with Crippen molar-refractivity contribution in [2.75, 3.05) is 11.5 Å². The number of sulfone groups is 1. The van der Waals surface area contributed by atoms with E-state index in [1.807, 2.05) is 48.9 Å². The average Bonchev–Trinajstić information content (AvgIpc) is 3.18. The fourth-order valence-corrected chi connectivity index (χ4v) is 5.55. The highest BCUT2D eigenvalue weighted by molar-refractivity contribution is 7.91. The molecular weight excluding hydrogens is 336 g/mol. The van der Waals surface area contributed by atoms with E-state index in [2.05, 4.69) is 5.10 Å². The normalized spacial score (nSPS) is 23.4. The maximum atomic E-state index is 12.6. The van der Waals surface area contributed by atoms with Crippen molar-refractivity contribution < 1.29 is 13.2 Å². The van der Waals surface area contributed by atoms with E-state index in [1.165, 1.54) is 0 Å². The number of aryl methyl sites for hydroxylation is 1. The fourth-order valence-electron chi connectivity index (χ4n) is 3.85. The molecule has 1 aliphatic heterocycles. The van der Waals surface area contributed by atoms with E-state index in [0.717, 1.165) is 33.7 Å². The molecule has 1 aromatic heterocycles. The van der Waals surface area contributed by atoms with Crippen molar-refractivity contribution in [1.82, 2.24) is 9.78 Å². The van der Waals surface area contributed by atoms with Gasteiger partial charge < -0.3 is 0 Å². The molecule has 1 atom stereocenters. The summed E-state index contributed by atoms with van der Waals surface area (Å²) >= 11 is 0. The van der Waals surface area contributed by atoms with Crippen LogP contribution in [0.4, 0.5) is 0 Å². The number of nitrogens with zero attached hydrogens (tertiary/aromatic N) is 2. The molecule has 0 radical (unpaired) electrons. The molecule has 6 heteroatoms. The Morgan fingerprint density at radius 3 is 2.68 bits per heavy atom. The third-order valence-electron chi connectivity index (χ3n) is 5.19. The van der Waals surface area contributed by atoms with Gasteiger partial charge in [0.05, 0.1) is 23.2 Å². The summed E-state index contributed by atoms with van der Waals surface area (Å²) in [7, 11) is -2.96. The van der Waals surface area contributed by atoms with Gasteiger partial charge in [-0.05, 0) is 31.9 Å². The Morgan fingerprint density at radius 2 is 2.00 bits per heavy atom. The van der Waals surface area contributed by atoms with Gasteiger partial charge in [-0.3, -0.25) is 9.48 Å². The molecule has 25 heavy (non-hydrogen) atoms. The summed E-state index contributed by atoms with van der Waals surface area (Å²) in [5, 5.41) is 4.57. The molecule has 0 spiro atoms. The molecule has 0 amide bonds. The van der Waals surface area contributed by atoms with Crippen LogP contribution >= 0.6 is 0 Å². The Morgan fingerprint density at radius 1 is 1.24 bits per heavy atom. The summed E-state index contributed by atoms with van der Waals surface area (Å²) in [6, 6.07) is 7.58. The standard InChI is InChI=1S/C19H20N2O3S/c1-12-18(10-15-9-14-5-3-4-6-17(14)19(15)22)13(2)21(20-12)16-7-8-25(23,24)11-16/h3-6,10,16H,7-9,11H2,1-2H3/b15-10+/t16-/m1/s1. The van der Waals surface area contributed by atoms with Gasteiger partial charge in [0.15, 0.2) is 15.6 Å². The van der Waals surface area contributed by atoms with Crippen molar-refractivity contribution >= 4 is 21.7 Å². The zero-order valence-corrected chi connectivity index (χ0v) is 15.1. The van der Waals surface area contributed by atoms with Crippen LogP contribution in [-0.2, 0) is 16.3 Å². The zero-order valence-electron chi connectivity index (χ0n) is 14.3. The first kappa shape index (κ1) is 16.3. The highest BCUT2D eigenvalue weighted by atomic mass is 32.2. The van der Waals surface area contributed by atoms with Crippen LogP contribution in [0.25, 0.3) is 6.08 Å². The highest BCUT2D eigenvalue weighted by Crippen LogP contribution is 2.31. The minimum Gasteiger partial charge on any atom is -0.289 e. The van der Waals surface area contributed by atoms with E-state index in [9.17, 15) is 13.2 Å². The Kier molecular flexibility index (Phi) is 3.68. The topological polar surface area (TPSA) is 69.0 Å². The lowest BCUT2D eigenvalue weighted by Gasteiger charge is -2.11. The lowest BCUT2D eigenvalue weighted by atomic mass is 10.1. The highest BCUT2D eigenvalue weighted by Gasteiger charge is 2.31. The summed E-state index contributed by atoms with van der Waals surface area (Å²) in [5.74, 6) is 0.445. The van der Waals surface area contributed by atoms with Crippen LogP contribution in [0.2, 0.25) is 0 Å². The molecule has 0 unspecified atom stereocenters. The van der Waals surface area contributed by atoms with Gasteiger partial charge in [0.25, 0.3) is 0 Å². The minimum absolute atomic E-state index is 0.0746. The third kappa shape index (κ3) is 2.74. The smallest absolute Gasteiger partial charge is 0.189 e. The van der Waals surface area contributed by atoms with Crippen molar-refractivity contribution in [2.24, 2.45) is 0 Å².